The maximum atomic E-state index is 11.8. The fraction of sp³-hybridized carbons (Fsp3) is 0.500. The Bertz CT molecular complexity index is 397. The molecular weight excluding hydrogens is 393 g/mol. The van der Waals surface area contributed by atoms with Crippen molar-refractivity contribution in [3.63, 3.8) is 0 Å². The molecule has 0 fully saturated rings. The molecule has 0 aliphatic heterocycles. The number of alkyl halides is 4. The summed E-state index contributed by atoms with van der Waals surface area (Å²) >= 11 is 6.71. The second kappa shape index (κ2) is 8.11. The van der Waals surface area contributed by atoms with Gasteiger partial charge in [-0.1, -0.05) is 22.0 Å². The molecule has 1 aromatic carbocycles. The van der Waals surface area contributed by atoms with E-state index in [0.717, 1.165) is 15.4 Å². The van der Waals surface area contributed by atoms with E-state index in [1.165, 1.54) is 0 Å². The molecule has 0 amide bonds. The average Bonchev–Trinajstić information content (AvgIpc) is 2.33. The summed E-state index contributed by atoms with van der Waals surface area (Å²) in [5.74, 6) is 0.667. The van der Waals surface area contributed by atoms with Crippen LogP contribution in [0.5, 0.6) is 5.75 Å². The number of benzene rings is 1. The van der Waals surface area contributed by atoms with Gasteiger partial charge in [-0.25, -0.2) is 0 Å². The van der Waals surface area contributed by atoms with Crippen LogP contribution in [-0.2, 0) is 10.1 Å². The molecule has 2 nitrogen and oxygen atoms in total. The van der Waals surface area contributed by atoms with Gasteiger partial charge in [0, 0.05) is 11.8 Å². The molecule has 0 aliphatic carbocycles. The van der Waals surface area contributed by atoms with E-state index < -0.39 is 12.8 Å². The summed E-state index contributed by atoms with van der Waals surface area (Å²) in [4.78, 5) is 0. The van der Waals surface area contributed by atoms with E-state index in [-0.39, 0.29) is 6.61 Å². The minimum Gasteiger partial charge on any atom is -0.492 e. The van der Waals surface area contributed by atoms with Crippen molar-refractivity contribution in [2.45, 2.75) is 17.9 Å². The van der Waals surface area contributed by atoms with Gasteiger partial charge in [0.05, 0.1) is 17.7 Å². The topological polar surface area (TPSA) is 18.5 Å². The van der Waals surface area contributed by atoms with Crippen molar-refractivity contribution >= 4 is 31.9 Å². The predicted octanol–water partition coefficient (Wildman–Crippen LogP) is 4.69. The molecule has 0 heterocycles. The lowest BCUT2D eigenvalue weighted by Crippen LogP contribution is -2.18. The van der Waals surface area contributed by atoms with Crippen molar-refractivity contribution in [2.24, 2.45) is 0 Å². The summed E-state index contributed by atoms with van der Waals surface area (Å²) in [5, 5.41) is 0.747. The molecule has 0 spiro atoms. The maximum absolute atomic E-state index is 11.8. The second-order valence-corrected chi connectivity index (χ2v) is 5.18. The lowest BCUT2D eigenvalue weighted by molar-refractivity contribution is -0.174. The van der Waals surface area contributed by atoms with Crippen LogP contribution in [-0.4, -0.2) is 26.0 Å². The van der Waals surface area contributed by atoms with E-state index in [4.69, 9.17) is 4.74 Å². The molecule has 0 saturated carbocycles. The molecule has 0 saturated heterocycles. The van der Waals surface area contributed by atoms with Gasteiger partial charge < -0.3 is 9.47 Å². The minimum absolute atomic E-state index is 0.0244. The number of ether oxygens (including phenoxy) is 2. The largest absolute Gasteiger partial charge is 0.492 e. The third-order valence-electron chi connectivity index (χ3n) is 2.11. The first-order chi connectivity index (χ1) is 8.92. The van der Waals surface area contributed by atoms with Crippen LogP contribution in [0.1, 0.15) is 12.0 Å². The smallest absolute Gasteiger partial charge is 0.411 e. The van der Waals surface area contributed by atoms with E-state index >= 15 is 0 Å². The van der Waals surface area contributed by atoms with Gasteiger partial charge in [-0.05, 0) is 33.6 Å². The minimum atomic E-state index is -4.27. The Morgan fingerprint density at radius 3 is 2.47 bits per heavy atom. The van der Waals surface area contributed by atoms with Crippen molar-refractivity contribution in [1.82, 2.24) is 0 Å². The molecule has 0 aliphatic rings. The molecule has 1 rings (SSSR count). The Morgan fingerprint density at radius 2 is 1.89 bits per heavy atom. The van der Waals surface area contributed by atoms with Crippen molar-refractivity contribution in [3.8, 4) is 5.75 Å². The molecule has 0 atom stereocenters. The SMILES string of the molecule is FC(F)(F)COCCCOc1ccc(CBr)cc1Br. The average molecular weight is 406 g/mol. The van der Waals surface area contributed by atoms with Crippen molar-refractivity contribution < 1.29 is 22.6 Å². The van der Waals surface area contributed by atoms with Crippen LogP contribution < -0.4 is 4.74 Å². The number of rotatable bonds is 7. The number of hydrogen-bond donors (Lipinski definition) is 0. The summed E-state index contributed by atoms with van der Waals surface area (Å²) in [5.41, 5.74) is 1.10. The lowest BCUT2D eigenvalue weighted by Gasteiger charge is -2.10. The standard InChI is InChI=1S/C12H13Br2F3O2/c13-7-9-2-3-11(10(14)6-9)19-5-1-4-18-8-12(15,16)17/h2-3,6H,1,4-5,7-8H2. The molecule has 0 radical (unpaired) electrons. The first-order valence-corrected chi connectivity index (χ1v) is 7.45. The van der Waals surface area contributed by atoms with Gasteiger partial charge in [0.25, 0.3) is 0 Å². The first-order valence-electron chi connectivity index (χ1n) is 5.54. The highest BCUT2D eigenvalue weighted by Crippen LogP contribution is 2.26. The zero-order valence-electron chi connectivity index (χ0n) is 9.97. The van der Waals surface area contributed by atoms with Crippen molar-refractivity contribution in [2.75, 3.05) is 19.8 Å². The van der Waals surface area contributed by atoms with Gasteiger partial charge in [0.2, 0.25) is 0 Å². The lowest BCUT2D eigenvalue weighted by atomic mass is 10.2. The molecule has 0 aromatic heterocycles. The Hall–Kier alpha value is -0.270. The fourth-order valence-corrected chi connectivity index (χ4v) is 2.16. The van der Waals surface area contributed by atoms with Gasteiger partial charge >= 0.3 is 6.18 Å². The van der Waals surface area contributed by atoms with E-state index in [9.17, 15) is 13.2 Å². The van der Waals surface area contributed by atoms with E-state index in [0.29, 0.717) is 18.8 Å². The molecule has 0 N–H and O–H groups in total. The molecule has 108 valence electrons. The van der Waals surface area contributed by atoms with Crippen LogP contribution in [0.3, 0.4) is 0 Å². The summed E-state index contributed by atoms with van der Waals surface area (Å²) in [6.07, 6.45) is -3.86. The Labute approximate surface area is 126 Å². The van der Waals surface area contributed by atoms with Gasteiger partial charge in [-0.15, -0.1) is 0 Å². The third kappa shape index (κ3) is 7.17. The van der Waals surface area contributed by atoms with Crippen LogP contribution in [0.2, 0.25) is 0 Å². The zero-order valence-corrected chi connectivity index (χ0v) is 13.1. The summed E-state index contributed by atoms with van der Waals surface area (Å²) < 4.78 is 46.1. The molecular formula is C12H13Br2F3O2. The Kier molecular flexibility index (Phi) is 7.17. The highest BCUT2D eigenvalue weighted by Gasteiger charge is 2.27. The normalized spacial score (nSPS) is 11.6. The van der Waals surface area contributed by atoms with Crippen LogP contribution >= 0.6 is 31.9 Å². The van der Waals surface area contributed by atoms with Crippen LogP contribution in [0.4, 0.5) is 13.2 Å². The molecule has 0 bridgehead atoms. The van der Waals surface area contributed by atoms with E-state index in [1.807, 2.05) is 18.2 Å². The van der Waals surface area contributed by atoms with Crippen LogP contribution in [0.25, 0.3) is 0 Å². The molecule has 7 heteroatoms. The third-order valence-corrected chi connectivity index (χ3v) is 3.37. The Morgan fingerprint density at radius 1 is 1.16 bits per heavy atom. The van der Waals surface area contributed by atoms with Crippen LogP contribution in [0, 0.1) is 0 Å². The summed E-state index contributed by atoms with van der Waals surface area (Å²) in [6.45, 7) is -0.878. The zero-order chi connectivity index (χ0) is 14.3. The quantitative estimate of drug-likeness (QED) is 0.483. The summed E-state index contributed by atoms with van der Waals surface area (Å²) in [7, 11) is 0. The van der Waals surface area contributed by atoms with Gasteiger partial charge in [0.1, 0.15) is 12.4 Å². The number of hydrogen-bond acceptors (Lipinski definition) is 2. The van der Waals surface area contributed by atoms with Gasteiger partial charge in [0.15, 0.2) is 0 Å². The second-order valence-electron chi connectivity index (χ2n) is 3.77. The van der Waals surface area contributed by atoms with E-state index in [2.05, 4.69) is 36.6 Å². The molecule has 1 aromatic rings. The molecule has 19 heavy (non-hydrogen) atoms. The highest BCUT2D eigenvalue weighted by molar-refractivity contribution is 9.10. The van der Waals surface area contributed by atoms with E-state index in [1.54, 1.807) is 0 Å². The van der Waals surface area contributed by atoms with Crippen molar-refractivity contribution in [3.05, 3.63) is 28.2 Å². The first kappa shape index (κ1) is 16.8. The highest BCUT2D eigenvalue weighted by atomic mass is 79.9. The van der Waals surface area contributed by atoms with Gasteiger partial charge in [-0.3, -0.25) is 0 Å². The van der Waals surface area contributed by atoms with Crippen LogP contribution in [0.15, 0.2) is 22.7 Å². The monoisotopic (exact) mass is 404 g/mol. The maximum Gasteiger partial charge on any atom is 0.411 e. The fourth-order valence-electron chi connectivity index (χ4n) is 1.28. The van der Waals surface area contributed by atoms with Gasteiger partial charge in [-0.2, -0.15) is 13.2 Å². The summed E-state index contributed by atoms with van der Waals surface area (Å²) in [6, 6.07) is 5.65. The van der Waals surface area contributed by atoms with Crippen molar-refractivity contribution in [1.29, 1.82) is 0 Å². The Balaban J connectivity index is 2.23. The molecule has 0 unspecified atom stereocenters. The predicted molar refractivity (Wildman–Crippen MR) is 73.8 cm³/mol. The number of halogens is 5.